The average Bonchev–Trinajstić information content (AvgIpc) is 3.18. The third-order valence-corrected chi connectivity index (χ3v) is 8.84. The number of carbonyl (C=O) groups is 2. The van der Waals surface area contributed by atoms with E-state index in [-0.39, 0.29) is 37.9 Å². The molecule has 3 N–H and O–H groups in total. The quantitative estimate of drug-likeness (QED) is 0.428. The van der Waals surface area contributed by atoms with Crippen LogP contribution in [0.1, 0.15) is 40.5 Å². The summed E-state index contributed by atoms with van der Waals surface area (Å²) in [5, 5.41) is 33.9. The zero-order valence-electron chi connectivity index (χ0n) is 17.8. The van der Waals surface area contributed by atoms with Gasteiger partial charge in [-0.2, -0.15) is 0 Å². The van der Waals surface area contributed by atoms with E-state index in [1.807, 2.05) is 26.8 Å². The smallest absolute Gasteiger partial charge is 0.308 e. The van der Waals surface area contributed by atoms with Crippen LogP contribution >= 0.6 is 0 Å². The molecule has 3 fully saturated rings. The van der Waals surface area contributed by atoms with Crippen molar-refractivity contribution < 1.29 is 34.4 Å². The molecular weight excluding hydrogens is 388 g/mol. The van der Waals surface area contributed by atoms with Crippen molar-refractivity contribution in [2.24, 2.45) is 29.1 Å². The molecular formula is C23H30O7. The molecule has 4 aliphatic carbocycles. The SMILES string of the molecule is CC1=CC2[C@@]3(O)[C@H](C)[C@H]4OCCC(=O)O[C@]45[C@H]([C@@H]3C=C(CO)C[C@]2(O)C1=O)C5(C)C. The maximum atomic E-state index is 13.0. The Kier molecular flexibility index (Phi) is 3.95. The van der Waals surface area contributed by atoms with Gasteiger partial charge in [0.1, 0.15) is 17.3 Å². The molecule has 0 aromatic heterocycles. The van der Waals surface area contributed by atoms with Crippen LogP contribution in [0.5, 0.6) is 0 Å². The van der Waals surface area contributed by atoms with Crippen LogP contribution in [0.4, 0.5) is 0 Å². The molecule has 0 bridgehead atoms. The maximum absolute atomic E-state index is 13.0. The van der Waals surface area contributed by atoms with Gasteiger partial charge < -0.3 is 24.8 Å². The summed E-state index contributed by atoms with van der Waals surface area (Å²) in [6.07, 6.45) is 3.07. The minimum atomic E-state index is -1.81. The lowest BCUT2D eigenvalue weighted by Gasteiger charge is -2.53. The Morgan fingerprint density at radius 1 is 1.20 bits per heavy atom. The van der Waals surface area contributed by atoms with Gasteiger partial charge in [0.2, 0.25) is 0 Å². The van der Waals surface area contributed by atoms with Gasteiger partial charge in [0.25, 0.3) is 0 Å². The highest BCUT2D eigenvalue weighted by Gasteiger charge is 2.87. The Labute approximate surface area is 175 Å². The standard InChI is InChI=1S/C23H30O7/c1-11-7-15-21(27,18(11)26)9-13(10-24)8-14-17-20(3,4)23(17)19(12(2)22(14,15)28)29-6-5-16(25)30-23/h7-8,12,14-15,17,19,24,27-28H,5-6,9-10H2,1-4H3/t12-,14+,15?,17-,19-,21-,22-,23-/m1/s1. The molecule has 8 atom stereocenters. The molecule has 5 rings (SSSR count). The van der Waals surface area contributed by atoms with Crippen LogP contribution in [0.25, 0.3) is 0 Å². The molecule has 0 amide bonds. The average molecular weight is 418 g/mol. The van der Waals surface area contributed by atoms with Crippen molar-refractivity contribution in [3.63, 3.8) is 0 Å². The molecule has 5 aliphatic rings. The maximum Gasteiger partial charge on any atom is 0.308 e. The van der Waals surface area contributed by atoms with Gasteiger partial charge in [-0.15, -0.1) is 0 Å². The second kappa shape index (κ2) is 5.82. The van der Waals surface area contributed by atoms with E-state index in [9.17, 15) is 24.9 Å². The van der Waals surface area contributed by atoms with Gasteiger partial charge in [-0.1, -0.05) is 32.9 Å². The number of rotatable bonds is 1. The number of ketones is 1. The third kappa shape index (κ3) is 2.05. The lowest BCUT2D eigenvalue weighted by molar-refractivity contribution is -0.220. The van der Waals surface area contributed by atoms with Crippen molar-refractivity contribution >= 4 is 11.8 Å². The summed E-state index contributed by atoms with van der Waals surface area (Å²) >= 11 is 0. The summed E-state index contributed by atoms with van der Waals surface area (Å²) in [4.78, 5) is 25.4. The monoisotopic (exact) mass is 418 g/mol. The van der Waals surface area contributed by atoms with Crippen molar-refractivity contribution in [1.82, 2.24) is 0 Å². The zero-order valence-corrected chi connectivity index (χ0v) is 17.8. The first-order valence-electron chi connectivity index (χ1n) is 10.8. The molecule has 1 saturated heterocycles. The fourth-order valence-corrected chi connectivity index (χ4v) is 7.41. The fourth-order valence-electron chi connectivity index (χ4n) is 7.41. The Hall–Kier alpha value is -1.54. The van der Waals surface area contributed by atoms with Crippen molar-refractivity contribution in [1.29, 1.82) is 0 Å². The Morgan fingerprint density at radius 2 is 1.90 bits per heavy atom. The van der Waals surface area contributed by atoms with E-state index in [4.69, 9.17) is 9.47 Å². The Balaban J connectivity index is 1.74. The summed E-state index contributed by atoms with van der Waals surface area (Å²) in [6.45, 7) is 7.42. The Morgan fingerprint density at radius 3 is 2.57 bits per heavy atom. The molecule has 0 aromatic carbocycles. The zero-order chi connectivity index (χ0) is 21.9. The predicted octanol–water partition coefficient (Wildman–Crippen LogP) is 0.909. The van der Waals surface area contributed by atoms with Crippen LogP contribution in [0.15, 0.2) is 23.3 Å². The van der Waals surface area contributed by atoms with Gasteiger partial charge in [-0.3, -0.25) is 9.59 Å². The fraction of sp³-hybridized carbons (Fsp3) is 0.739. The molecule has 7 heteroatoms. The molecule has 7 nitrogen and oxygen atoms in total. The summed E-state index contributed by atoms with van der Waals surface area (Å²) in [5.41, 5.74) is -3.72. The van der Waals surface area contributed by atoms with Crippen LogP contribution in [-0.2, 0) is 19.1 Å². The normalized spacial score (nSPS) is 51.2. The number of aliphatic hydroxyl groups excluding tert-OH is 1. The Bertz CT molecular complexity index is 903. The minimum Gasteiger partial charge on any atom is -0.455 e. The molecule has 0 radical (unpaired) electrons. The minimum absolute atomic E-state index is 0.0299. The number of ether oxygens (including phenoxy) is 2. The van der Waals surface area contributed by atoms with Gasteiger partial charge >= 0.3 is 5.97 Å². The first-order chi connectivity index (χ1) is 14.0. The first-order valence-corrected chi connectivity index (χ1v) is 10.8. The van der Waals surface area contributed by atoms with Gasteiger partial charge in [0, 0.05) is 35.5 Å². The van der Waals surface area contributed by atoms with Crippen LogP contribution in [-0.4, -0.2) is 63.2 Å². The molecule has 30 heavy (non-hydrogen) atoms. The van der Waals surface area contributed by atoms with Crippen molar-refractivity contribution in [2.45, 2.75) is 63.4 Å². The number of aliphatic hydroxyl groups is 3. The highest BCUT2D eigenvalue weighted by Crippen LogP contribution is 2.77. The molecule has 2 saturated carbocycles. The number of carbonyl (C=O) groups excluding carboxylic acids is 2. The van der Waals surface area contributed by atoms with E-state index in [0.29, 0.717) is 11.1 Å². The van der Waals surface area contributed by atoms with Gasteiger partial charge in [-0.25, -0.2) is 0 Å². The molecule has 1 spiro atoms. The summed E-state index contributed by atoms with van der Waals surface area (Å²) in [5.74, 6) is -2.85. The van der Waals surface area contributed by atoms with Crippen molar-refractivity contribution in [3.05, 3.63) is 23.3 Å². The molecule has 1 unspecified atom stereocenters. The largest absolute Gasteiger partial charge is 0.455 e. The molecule has 1 heterocycles. The van der Waals surface area contributed by atoms with Crippen LogP contribution in [0.3, 0.4) is 0 Å². The first kappa shape index (κ1) is 20.4. The van der Waals surface area contributed by atoms with Crippen LogP contribution in [0.2, 0.25) is 0 Å². The number of hydrogen-bond acceptors (Lipinski definition) is 7. The van der Waals surface area contributed by atoms with E-state index < -0.39 is 51.9 Å². The van der Waals surface area contributed by atoms with Gasteiger partial charge in [-0.05, 0) is 18.1 Å². The number of Topliss-reactive ketones (excluding diaryl/α,β-unsaturated/α-hetero) is 1. The summed E-state index contributed by atoms with van der Waals surface area (Å²) in [6, 6.07) is 0. The second-order valence-corrected chi connectivity index (χ2v) is 10.5. The highest BCUT2D eigenvalue weighted by molar-refractivity contribution is 6.04. The summed E-state index contributed by atoms with van der Waals surface area (Å²) in [7, 11) is 0. The van der Waals surface area contributed by atoms with E-state index in [2.05, 4.69) is 0 Å². The van der Waals surface area contributed by atoms with E-state index in [1.165, 1.54) is 0 Å². The topological polar surface area (TPSA) is 113 Å². The van der Waals surface area contributed by atoms with Crippen molar-refractivity contribution in [2.75, 3.05) is 13.2 Å². The van der Waals surface area contributed by atoms with E-state index >= 15 is 0 Å². The number of hydrogen-bond donors (Lipinski definition) is 3. The molecule has 0 aromatic rings. The summed E-state index contributed by atoms with van der Waals surface area (Å²) < 4.78 is 12.2. The highest BCUT2D eigenvalue weighted by atomic mass is 16.6. The third-order valence-electron chi connectivity index (χ3n) is 8.84. The lowest BCUT2D eigenvalue weighted by atomic mass is 9.59. The second-order valence-electron chi connectivity index (χ2n) is 10.5. The van der Waals surface area contributed by atoms with Crippen molar-refractivity contribution in [3.8, 4) is 0 Å². The lowest BCUT2D eigenvalue weighted by Crippen LogP contribution is -2.65. The number of esters is 1. The van der Waals surface area contributed by atoms with Gasteiger partial charge in [0.15, 0.2) is 5.78 Å². The van der Waals surface area contributed by atoms with Crippen LogP contribution < -0.4 is 0 Å². The predicted molar refractivity (Wildman–Crippen MR) is 105 cm³/mol. The van der Waals surface area contributed by atoms with Crippen LogP contribution in [0, 0.1) is 29.1 Å². The molecule has 164 valence electrons. The number of fused-ring (bicyclic) bond motifs is 4. The van der Waals surface area contributed by atoms with Gasteiger partial charge in [0.05, 0.1) is 25.2 Å². The molecule has 1 aliphatic heterocycles. The van der Waals surface area contributed by atoms with E-state index in [0.717, 1.165) is 0 Å². The van der Waals surface area contributed by atoms with E-state index in [1.54, 1.807) is 13.0 Å².